The highest BCUT2D eigenvalue weighted by atomic mass is 35.5. The molecule has 0 aliphatic heterocycles. The van der Waals surface area contributed by atoms with Crippen LogP contribution in [0.25, 0.3) is 0 Å². The third-order valence-corrected chi connectivity index (χ3v) is 6.76. The first-order chi connectivity index (χ1) is 14.1. The highest BCUT2D eigenvalue weighted by molar-refractivity contribution is 7.99. The van der Waals surface area contributed by atoms with Gasteiger partial charge in [0, 0.05) is 12.5 Å². The van der Waals surface area contributed by atoms with Crippen molar-refractivity contribution in [3.8, 4) is 0 Å². The Kier molecular flexibility index (Phi) is 6.13. The molecule has 1 aliphatic carbocycles. The summed E-state index contributed by atoms with van der Waals surface area (Å²) in [5, 5.41) is 13.1. The van der Waals surface area contributed by atoms with Crippen LogP contribution in [0.1, 0.15) is 36.6 Å². The van der Waals surface area contributed by atoms with Gasteiger partial charge in [-0.2, -0.15) is 0 Å². The molecule has 1 heterocycles. The smallest absolute Gasteiger partial charge is 0.234 e. The number of aromatic nitrogens is 3. The van der Waals surface area contributed by atoms with E-state index in [4.69, 9.17) is 23.2 Å². The number of nitrogens with one attached hydrogen (secondary N) is 1. The third-order valence-electron chi connectivity index (χ3n) is 4.97. The summed E-state index contributed by atoms with van der Waals surface area (Å²) in [5.74, 6) is 1.94. The standard InChI is InChI=1S/C21H20Cl2N4OS/c1-2-27-20(15-11-14(15)13-7-4-3-5-8-13)25-26-21(27)29-12-18(28)24-17-10-6-9-16(22)19(17)23/h3-10,14-15H,2,11-12H2,1H3,(H,24,28). The van der Waals surface area contributed by atoms with Crippen molar-refractivity contribution < 1.29 is 4.79 Å². The van der Waals surface area contributed by atoms with Crippen LogP contribution in [0, 0.1) is 0 Å². The topological polar surface area (TPSA) is 59.8 Å². The van der Waals surface area contributed by atoms with E-state index < -0.39 is 0 Å². The fourth-order valence-corrected chi connectivity index (χ4v) is 4.60. The normalized spacial score (nSPS) is 17.9. The third kappa shape index (κ3) is 4.44. The van der Waals surface area contributed by atoms with Crippen molar-refractivity contribution in [3.05, 3.63) is 70.0 Å². The first kappa shape index (κ1) is 20.3. The molecular weight excluding hydrogens is 427 g/mol. The summed E-state index contributed by atoms with van der Waals surface area (Å²) in [5.41, 5.74) is 1.85. The molecule has 1 aliphatic rings. The minimum Gasteiger partial charge on any atom is -0.324 e. The molecule has 2 atom stereocenters. The Morgan fingerprint density at radius 1 is 1.14 bits per heavy atom. The highest BCUT2D eigenvalue weighted by Crippen LogP contribution is 2.54. The fraction of sp³-hybridized carbons (Fsp3) is 0.286. The lowest BCUT2D eigenvalue weighted by atomic mass is 10.1. The second kappa shape index (κ2) is 8.78. The number of carbonyl (C=O) groups excluding carboxylic acids is 1. The molecule has 0 saturated heterocycles. The predicted octanol–water partition coefficient (Wildman–Crippen LogP) is 5.61. The van der Waals surface area contributed by atoms with Gasteiger partial charge >= 0.3 is 0 Å². The van der Waals surface area contributed by atoms with Crippen LogP contribution < -0.4 is 5.32 Å². The number of carbonyl (C=O) groups is 1. The van der Waals surface area contributed by atoms with E-state index >= 15 is 0 Å². The van der Waals surface area contributed by atoms with Gasteiger partial charge in [-0.05, 0) is 37.0 Å². The molecule has 1 saturated carbocycles. The lowest BCUT2D eigenvalue weighted by Crippen LogP contribution is -2.15. The van der Waals surface area contributed by atoms with Gasteiger partial charge in [0.15, 0.2) is 5.16 Å². The molecule has 3 aromatic rings. The molecular formula is C21H20Cl2N4OS. The van der Waals surface area contributed by atoms with Gasteiger partial charge in [0.2, 0.25) is 5.91 Å². The van der Waals surface area contributed by atoms with Crippen LogP contribution in [0.3, 0.4) is 0 Å². The molecule has 0 spiro atoms. The quantitative estimate of drug-likeness (QED) is 0.479. The van der Waals surface area contributed by atoms with Crippen molar-refractivity contribution in [1.82, 2.24) is 14.8 Å². The number of benzene rings is 2. The van der Waals surface area contributed by atoms with Gasteiger partial charge in [-0.3, -0.25) is 4.79 Å². The van der Waals surface area contributed by atoms with E-state index in [1.54, 1.807) is 18.2 Å². The monoisotopic (exact) mass is 446 g/mol. The number of hydrogen-bond donors (Lipinski definition) is 1. The van der Waals surface area contributed by atoms with Crippen molar-refractivity contribution in [2.75, 3.05) is 11.1 Å². The zero-order chi connectivity index (χ0) is 20.4. The molecule has 4 rings (SSSR count). The van der Waals surface area contributed by atoms with Gasteiger partial charge in [0.05, 0.1) is 21.5 Å². The van der Waals surface area contributed by atoms with E-state index in [1.807, 2.05) is 6.07 Å². The van der Waals surface area contributed by atoms with Crippen molar-refractivity contribution in [1.29, 1.82) is 0 Å². The van der Waals surface area contributed by atoms with Crippen molar-refractivity contribution in [2.45, 2.75) is 36.9 Å². The Labute approximate surface area is 183 Å². The fourth-order valence-electron chi connectivity index (χ4n) is 3.44. The Hall–Kier alpha value is -2.02. The summed E-state index contributed by atoms with van der Waals surface area (Å²) in [4.78, 5) is 12.3. The van der Waals surface area contributed by atoms with E-state index in [9.17, 15) is 4.79 Å². The molecule has 0 radical (unpaired) electrons. The van der Waals surface area contributed by atoms with Gasteiger partial charge in [-0.1, -0.05) is 71.4 Å². The summed E-state index contributed by atoms with van der Waals surface area (Å²) in [6.07, 6.45) is 1.08. The van der Waals surface area contributed by atoms with E-state index in [0.717, 1.165) is 23.9 Å². The Balaban J connectivity index is 1.40. The summed E-state index contributed by atoms with van der Waals surface area (Å²) in [6, 6.07) is 15.7. The zero-order valence-electron chi connectivity index (χ0n) is 15.8. The summed E-state index contributed by atoms with van der Waals surface area (Å²) >= 11 is 13.5. The van der Waals surface area contributed by atoms with Crippen LogP contribution in [0.2, 0.25) is 10.0 Å². The minimum absolute atomic E-state index is 0.167. The Bertz CT molecular complexity index is 1020. The zero-order valence-corrected chi connectivity index (χ0v) is 18.1. The number of thioether (sulfide) groups is 1. The predicted molar refractivity (Wildman–Crippen MR) is 118 cm³/mol. The number of halogens is 2. The molecule has 8 heteroatoms. The Morgan fingerprint density at radius 2 is 1.93 bits per heavy atom. The average Bonchev–Trinajstić information content (AvgIpc) is 3.42. The van der Waals surface area contributed by atoms with Gasteiger partial charge < -0.3 is 9.88 Å². The SMILES string of the molecule is CCn1c(SCC(=O)Nc2cccc(Cl)c2Cl)nnc1C1CC1c1ccccc1. The maximum absolute atomic E-state index is 12.3. The van der Waals surface area contributed by atoms with Gasteiger partial charge in [0.1, 0.15) is 5.82 Å². The van der Waals surface area contributed by atoms with Crippen LogP contribution in [0.4, 0.5) is 5.69 Å². The number of hydrogen-bond acceptors (Lipinski definition) is 4. The van der Waals surface area contributed by atoms with Gasteiger partial charge in [0.25, 0.3) is 0 Å². The van der Waals surface area contributed by atoms with E-state index in [0.29, 0.717) is 27.6 Å². The number of rotatable bonds is 7. The first-order valence-corrected chi connectivity index (χ1v) is 11.2. The Morgan fingerprint density at radius 3 is 2.69 bits per heavy atom. The van der Waals surface area contributed by atoms with E-state index in [-0.39, 0.29) is 11.7 Å². The number of nitrogens with zero attached hydrogens (tertiary/aromatic N) is 3. The van der Waals surface area contributed by atoms with Crippen LogP contribution >= 0.6 is 35.0 Å². The van der Waals surface area contributed by atoms with Crippen LogP contribution in [0.5, 0.6) is 0 Å². The summed E-state index contributed by atoms with van der Waals surface area (Å²) in [6.45, 7) is 2.84. The lowest BCUT2D eigenvalue weighted by Gasteiger charge is -2.09. The second-order valence-electron chi connectivity index (χ2n) is 6.88. The van der Waals surface area contributed by atoms with Crippen molar-refractivity contribution >= 4 is 46.6 Å². The van der Waals surface area contributed by atoms with Crippen molar-refractivity contribution in [2.24, 2.45) is 0 Å². The number of amides is 1. The number of anilines is 1. The van der Waals surface area contributed by atoms with Crippen molar-refractivity contribution in [3.63, 3.8) is 0 Å². The molecule has 1 aromatic heterocycles. The molecule has 1 amide bonds. The van der Waals surface area contributed by atoms with Gasteiger partial charge in [-0.15, -0.1) is 10.2 Å². The molecule has 29 heavy (non-hydrogen) atoms. The first-order valence-electron chi connectivity index (χ1n) is 9.43. The molecule has 0 bridgehead atoms. The molecule has 2 unspecified atom stereocenters. The lowest BCUT2D eigenvalue weighted by molar-refractivity contribution is -0.113. The maximum atomic E-state index is 12.3. The second-order valence-corrected chi connectivity index (χ2v) is 8.61. The molecule has 2 aromatic carbocycles. The van der Waals surface area contributed by atoms with Crippen LogP contribution in [0.15, 0.2) is 53.7 Å². The molecule has 5 nitrogen and oxygen atoms in total. The average molecular weight is 447 g/mol. The highest BCUT2D eigenvalue weighted by Gasteiger charge is 2.43. The summed E-state index contributed by atoms with van der Waals surface area (Å²) in [7, 11) is 0. The van der Waals surface area contributed by atoms with E-state index in [2.05, 4.69) is 51.3 Å². The van der Waals surface area contributed by atoms with E-state index in [1.165, 1.54) is 17.3 Å². The van der Waals surface area contributed by atoms with Crippen LogP contribution in [-0.4, -0.2) is 26.4 Å². The largest absolute Gasteiger partial charge is 0.324 e. The maximum Gasteiger partial charge on any atom is 0.234 e. The molecule has 150 valence electrons. The minimum atomic E-state index is -0.167. The molecule has 1 fully saturated rings. The summed E-state index contributed by atoms with van der Waals surface area (Å²) < 4.78 is 2.11. The van der Waals surface area contributed by atoms with Crippen LogP contribution in [-0.2, 0) is 11.3 Å². The van der Waals surface area contributed by atoms with Gasteiger partial charge in [-0.25, -0.2) is 0 Å². The molecule has 1 N–H and O–H groups in total.